The minimum atomic E-state index is -0.935. The summed E-state index contributed by atoms with van der Waals surface area (Å²) in [4.78, 5) is 38.2. The molecule has 2 aromatic rings. The molecule has 0 aliphatic carbocycles. The van der Waals surface area contributed by atoms with Gasteiger partial charge in [-0.2, -0.15) is 0 Å². The van der Waals surface area contributed by atoms with Crippen LogP contribution in [0.25, 0.3) is 5.57 Å². The molecule has 5 nitrogen and oxygen atoms in total. The van der Waals surface area contributed by atoms with E-state index in [0.717, 1.165) is 10.5 Å². The molecule has 0 spiro atoms. The first-order valence-electron chi connectivity index (χ1n) is 9.51. The molecule has 0 bridgehead atoms. The molecule has 7 heteroatoms. The Labute approximate surface area is 184 Å². The van der Waals surface area contributed by atoms with Gasteiger partial charge in [0.15, 0.2) is 5.78 Å². The number of carbonyl (C=O) groups excluding carboxylic acids is 3. The minimum absolute atomic E-state index is 0.0587. The van der Waals surface area contributed by atoms with Crippen molar-refractivity contribution in [3.8, 4) is 0 Å². The number of imide groups is 1. The molecular formula is C23H19Cl2NO4. The Morgan fingerprint density at radius 1 is 1.17 bits per heavy atom. The summed E-state index contributed by atoms with van der Waals surface area (Å²) in [5.74, 6) is -0.485. The Kier molecular flexibility index (Phi) is 4.99. The highest BCUT2D eigenvalue weighted by Crippen LogP contribution is 2.50. The lowest BCUT2D eigenvalue weighted by Gasteiger charge is -2.36. The van der Waals surface area contributed by atoms with Crippen molar-refractivity contribution >= 4 is 52.2 Å². The summed E-state index contributed by atoms with van der Waals surface area (Å²) in [6, 6.07) is 8.71. The van der Waals surface area contributed by atoms with E-state index in [-0.39, 0.29) is 5.78 Å². The standard InChI is InChI=1S/C23H19Cl2NO4/c1-12(27)14-9-13(10-15(24)11-14)5-4-6-17-16-7-8-18(25)19-20(16)26(21(17)28)22(29)30-23(19,2)3/h6-11H,4-5H2,1-3H3/b17-6+. The third-order valence-electron chi connectivity index (χ3n) is 5.35. The van der Waals surface area contributed by atoms with Crippen molar-refractivity contribution in [2.45, 2.75) is 39.2 Å². The number of anilines is 1. The smallest absolute Gasteiger partial charge is 0.422 e. The highest BCUT2D eigenvalue weighted by Gasteiger charge is 2.49. The SMILES string of the molecule is CC(=O)c1cc(Cl)cc(CC/C=C2/C(=O)N3C(=O)OC(C)(C)c4c(Cl)ccc2c43)c1. The number of rotatable bonds is 4. The first kappa shape index (κ1) is 20.6. The number of nitrogens with zero attached hydrogens (tertiary/aromatic N) is 1. The number of amides is 2. The van der Waals surface area contributed by atoms with E-state index in [1.54, 1.807) is 50.3 Å². The monoisotopic (exact) mass is 443 g/mol. The molecule has 30 heavy (non-hydrogen) atoms. The van der Waals surface area contributed by atoms with Crippen molar-refractivity contribution in [2.75, 3.05) is 4.90 Å². The number of halogens is 2. The van der Waals surface area contributed by atoms with Gasteiger partial charge in [-0.05, 0) is 63.4 Å². The fourth-order valence-electron chi connectivity index (χ4n) is 3.99. The second-order valence-electron chi connectivity index (χ2n) is 7.90. The maximum absolute atomic E-state index is 13.0. The molecule has 0 unspecified atom stereocenters. The second-order valence-corrected chi connectivity index (χ2v) is 8.74. The van der Waals surface area contributed by atoms with Crippen LogP contribution in [-0.2, 0) is 21.6 Å². The molecule has 2 amide bonds. The maximum Gasteiger partial charge on any atom is 0.422 e. The third kappa shape index (κ3) is 3.32. The number of cyclic esters (lactones) is 1. The first-order valence-corrected chi connectivity index (χ1v) is 10.3. The highest BCUT2D eigenvalue weighted by molar-refractivity contribution is 6.41. The first-order chi connectivity index (χ1) is 14.1. The van der Waals surface area contributed by atoms with Crippen LogP contribution in [0.4, 0.5) is 10.5 Å². The molecule has 0 N–H and O–H groups in total. The summed E-state index contributed by atoms with van der Waals surface area (Å²) in [6.07, 6.45) is 2.22. The van der Waals surface area contributed by atoms with E-state index in [4.69, 9.17) is 27.9 Å². The van der Waals surface area contributed by atoms with Crippen LogP contribution in [0.3, 0.4) is 0 Å². The summed E-state index contributed by atoms with van der Waals surface area (Å²) in [6.45, 7) is 4.99. The van der Waals surface area contributed by atoms with Crippen LogP contribution >= 0.6 is 23.2 Å². The van der Waals surface area contributed by atoms with Gasteiger partial charge in [-0.25, -0.2) is 9.69 Å². The lowest BCUT2D eigenvalue weighted by molar-refractivity contribution is -0.113. The van der Waals surface area contributed by atoms with E-state index < -0.39 is 17.6 Å². The van der Waals surface area contributed by atoms with E-state index in [9.17, 15) is 14.4 Å². The van der Waals surface area contributed by atoms with E-state index >= 15 is 0 Å². The number of ether oxygens (including phenoxy) is 1. The normalized spacial score (nSPS) is 17.9. The van der Waals surface area contributed by atoms with Gasteiger partial charge in [-0.3, -0.25) is 9.59 Å². The lowest BCUT2D eigenvalue weighted by Crippen LogP contribution is -2.44. The molecule has 0 radical (unpaired) electrons. The zero-order valence-electron chi connectivity index (χ0n) is 16.7. The van der Waals surface area contributed by atoms with Crippen LogP contribution in [0.1, 0.15) is 54.2 Å². The topological polar surface area (TPSA) is 63.7 Å². The number of carbonyl (C=O) groups is 3. The summed E-state index contributed by atoms with van der Waals surface area (Å²) >= 11 is 12.5. The summed E-state index contributed by atoms with van der Waals surface area (Å²) in [5.41, 5.74) is 2.74. The van der Waals surface area contributed by atoms with Crippen LogP contribution in [0.2, 0.25) is 10.0 Å². The molecule has 154 valence electrons. The molecule has 4 rings (SSSR count). The molecule has 2 aromatic carbocycles. The maximum atomic E-state index is 13.0. The van der Waals surface area contributed by atoms with Crippen LogP contribution < -0.4 is 4.90 Å². The van der Waals surface area contributed by atoms with Crippen molar-refractivity contribution in [3.63, 3.8) is 0 Å². The number of hydrogen-bond donors (Lipinski definition) is 0. The van der Waals surface area contributed by atoms with Crippen molar-refractivity contribution in [2.24, 2.45) is 0 Å². The average molecular weight is 444 g/mol. The van der Waals surface area contributed by atoms with E-state index in [0.29, 0.717) is 50.8 Å². The lowest BCUT2D eigenvalue weighted by atomic mass is 9.91. The summed E-state index contributed by atoms with van der Waals surface area (Å²) in [7, 11) is 0. The molecule has 0 saturated carbocycles. The number of Topliss-reactive ketones (excluding diaryl/α,β-unsaturated/α-hetero) is 1. The highest BCUT2D eigenvalue weighted by atomic mass is 35.5. The molecule has 0 fully saturated rings. The van der Waals surface area contributed by atoms with Gasteiger partial charge < -0.3 is 4.74 Å². The number of hydrogen-bond acceptors (Lipinski definition) is 4. The average Bonchev–Trinajstić information content (AvgIpc) is 2.91. The Morgan fingerprint density at radius 2 is 1.90 bits per heavy atom. The van der Waals surface area contributed by atoms with Gasteiger partial charge in [0.25, 0.3) is 5.91 Å². The van der Waals surface area contributed by atoms with Gasteiger partial charge in [0.05, 0.1) is 5.69 Å². The molecule has 2 aliphatic heterocycles. The number of allylic oxidation sites excluding steroid dienone is 1. The van der Waals surface area contributed by atoms with E-state index in [2.05, 4.69) is 0 Å². The van der Waals surface area contributed by atoms with Crippen LogP contribution in [-0.4, -0.2) is 17.8 Å². The molecule has 2 heterocycles. The van der Waals surface area contributed by atoms with Crippen LogP contribution in [0.5, 0.6) is 0 Å². The fraction of sp³-hybridized carbons (Fsp3) is 0.261. The van der Waals surface area contributed by atoms with Crippen molar-refractivity contribution in [3.05, 3.63) is 68.7 Å². The zero-order chi connectivity index (χ0) is 21.8. The van der Waals surface area contributed by atoms with Gasteiger partial charge in [0.1, 0.15) is 5.60 Å². The zero-order valence-corrected chi connectivity index (χ0v) is 18.2. The number of aryl methyl sites for hydroxylation is 1. The Hall–Kier alpha value is -2.63. The van der Waals surface area contributed by atoms with Gasteiger partial charge >= 0.3 is 6.09 Å². The van der Waals surface area contributed by atoms with Crippen molar-refractivity contribution in [1.82, 2.24) is 0 Å². The Bertz CT molecular complexity index is 1150. The fourth-order valence-corrected chi connectivity index (χ4v) is 4.63. The van der Waals surface area contributed by atoms with Crippen molar-refractivity contribution < 1.29 is 19.1 Å². The van der Waals surface area contributed by atoms with Crippen LogP contribution in [0.15, 0.2) is 36.4 Å². The van der Waals surface area contributed by atoms with Crippen LogP contribution in [0, 0.1) is 0 Å². The van der Waals surface area contributed by atoms with Gasteiger partial charge in [-0.1, -0.05) is 35.3 Å². The largest absolute Gasteiger partial charge is 0.438 e. The van der Waals surface area contributed by atoms with Crippen molar-refractivity contribution in [1.29, 1.82) is 0 Å². The van der Waals surface area contributed by atoms with E-state index in [1.807, 2.05) is 0 Å². The molecule has 2 aliphatic rings. The summed E-state index contributed by atoms with van der Waals surface area (Å²) in [5, 5.41) is 0.940. The van der Waals surface area contributed by atoms with Gasteiger partial charge in [0, 0.05) is 32.3 Å². The Morgan fingerprint density at radius 3 is 2.60 bits per heavy atom. The quantitative estimate of drug-likeness (QED) is 0.432. The van der Waals surface area contributed by atoms with Gasteiger partial charge in [-0.15, -0.1) is 0 Å². The minimum Gasteiger partial charge on any atom is -0.438 e. The molecule has 0 aromatic heterocycles. The molecule has 0 saturated heterocycles. The molecule has 0 atom stereocenters. The number of ketones is 1. The third-order valence-corrected chi connectivity index (χ3v) is 5.88. The number of benzene rings is 2. The Balaban J connectivity index is 1.69. The second kappa shape index (κ2) is 7.25. The predicted molar refractivity (Wildman–Crippen MR) is 116 cm³/mol. The molecular weight excluding hydrogens is 425 g/mol. The van der Waals surface area contributed by atoms with E-state index in [1.165, 1.54) is 6.92 Å². The van der Waals surface area contributed by atoms with Gasteiger partial charge in [0.2, 0.25) is 0 Å². The summed E-state index contributed by atoms with van der Waals surface area (Å²) < 4.78 is 5.47. The predicted octanol–water partition coefficient (Wildman–Crippen LogP) is 5.94.